The Morgan fingerprint density at radius 2 is 2.33 bits per heavy atom. The van der Waals surface area contributed by atoms with Crippen molar-refractivity contribution in [3.8, 4) is 5.75 Å². The Bertz CT molecular complexity index is 388. The molecule has 1 aliphatic carbocycles. The van der Waals surface area contributed by atoms with E-state index in [-0.39, 0.29) is 0 Å². The van der Waals surface area contributed by atoms with E-state index in [4.69, 9.17) is 10.5 Å². The fourth-order valence-electron chi connectivity index (χ4n) is 2.59. The SMILES string of the molecule is CC1Cc2cc([C@@H]3C[C@H]3CN)ccc2O1. The van der Waals surface area contributed by atoms with Crippen molar-refractivity contribution in [1.29, 1.82) is 0 Å². The van der Waals surface area contributed by atoms with Crippen molar-refractivity contribution < 1.29 is 4.74 Å². The van der Waals surface area contributed by atoms with Crippen LogP contribution in [0.5, 0.6) is 5.75 Å². The number of nitrogens with two attached hydrogens (primary N) is 1. The number of hydrogen-bond donors (Lipinski definition) is 1. The van der Waals surface area contributed by atoms with Gasteiger partial charge >= 0.3 is 0 Å². The summed E-state index contributed by atoms with van der Waals surface area (Å²) in [4.78, 5) is 0. The minimum Gasteiger partial charge on any atom is -0.490 e. The summed E-state index contributed by atoms with van der Waals surface area (Å²) in [6.45, 7) is 2.95. The van der Waals surface area contributed by atoms with E-state index in [1.165, 1.54) is 17.5 Å². The largest absolute Gasteiger partial charge is 0.490 e. The first-order valence-corrected chi connectivity index (χ1v) is 5.77. The molecular weight excluding hydrogens is 186 g/mol. The Hall–Kier alpha value is -1.02. The molecule has 1 heterocycles. The van der Waals surface area contributed by atoms with Crippen molar-refractivity contribution in [2.24, 2.45) is 11.7 Å². The van der Waals surface area contributed by atoms with E-state index >= 15 is 0 Å². The molecule has 1 fully saturated rings. The first-order valence-electron chi connectivity index (χ1n) is 5.77. The normalized spacial score (nSPS) is 32.3. The van der Waals surface area contributed by atoms with Crippen molar-refractivity contribution in [3.05, 3.63) is 29.3 Å². The number of rotatable bonds is 2. The predicted octanol–water partition coefficient (Wildman–Crippen LogP) is 2.07. The molecule has 2 heteroatoms. The third kappa shape index (κ3) is 1.53. The molecule has 0 bridgehead atoms. The molecule has 1 saturated carbocycles. The van der Waals surface area contributed by atoms with Gasteiger partial charge in [-0.3, -0.25) is 0 Å². The van der Waals surface area contributed by atoms with Crippen LogP contribution in [0.3, 0.4) is 0 Å². The lowest BCUT2D eigenvalue weighted by Gasteiger charge is -2.03. The lowest BCUT2D eigenvalue weighted by Crippen LogP contribution is -2.05. The molecule has 0 spiro atoms. The summed E-state index contributed by atoms with van der Waals surface area (Å²) < 4.78 is 5.69. The maximum atomic E-state index is 5.69. The quantitative estimate of drug-likeness (QED) is 0.798. The van der Waals surface area contributed by atoms with Crippen LogP contribution in [-0.4, -0.2) is 12.6 Å². The van der Waals surface area contributed by atoms with Crippen molar-refractivity contribution in [2.45, 2.75) is 31.8 Å². The molecule has 2 N–H and O–H groups in total. The van der Waals surface area contributed by atoms with Gasteiger partial charge in [-0.05, 0) is 48.9 Å². The predicted molar refractivity (Wildman–Crippen MR) is 60.1 cm³/mol. The molecule has 1 unspecified atom stereocenters. The molecule has 3 rings (SSSR count). The van der Waals surface area contributed by atoms with Gasteiger partial charge in [0.05, 0.1) is 0 Å². The summed E-state index contributed by atoms with van der Waals surface area (Å²) in [5.41, 5.74) is 8.51. The van der Waals surface area contributed by atoms with E-state index in [1.807, 2.05) is 0 Å². The average Bonchev–Trinajstić information content (AvgIpc) is 2.92. The van der Waals surface area contributed by atoms with Gasteiger partial charge in [0.15, 0.2) is 0 Å². The van der Waals surface area contributed by atoms with Crippen molar-refractivity contribution in [3.63, 3.8) is 0 Å². The Kier molecular flexibility index (Phi) is 1.99. The highest BCUT2D eigenvalue weighted by atomic mass is 16.5. The molecule has 0 saturated heterocycles. The third-order valence-corrected chi connectivity index (χ3v) is 3.57. The molecule has 2 aliphatic rings. The van der Waals surface area contributed by atoms with Gasteiger partial charge in [0.2, 0.25) is 0 Å². The van der Waals surface area contributed by atoms with Crippen LogP contribution in [0.1, 0.15) is 30.4 Å². The maximum Gasteiger partial charge on any atom is 0.123 e. The van der Waals surface area contributed by atoms with Gasteiger partial charge in [-0.2, -0.15) is 0 Å². The van der Waals surface area contributed by atoms with Crippen LogP contribution in [0.25, 0.3) is 0 Å². The van der Waals surface area contributed by atoms with Gasteiger partial charge in [0, 0.05) is 6.42 Å². The smallest absolute Gasteiger partial charge is 0.123 e. The summed E-state index contributed by atoms with van der Waals surface area (Å²) in [5, 5.41) is 0. The lowest BCUT2D eigenvalue weighted by molar-refractivity contribution is 0.254. The van der Waals surface area contributed by atoms with Gasteiger partial charge in [-0.15, -0.1) is 0 Å². The highest BCUT2D eigenvalue weighted by Crippen LogP contribution is 2.47. The van der Waals surface area contributed by atoms with Crippen LogP contribution >= 0.6 is 0 Å². The van der Waals surface area contributed by atoms with Gasteiger partial charge in [-0.25, -0.2) is 0 Å². The Labute approximate surface area is 90.4 Å². The van der Waals surface area contributed by atoms with Crippen molar-refractivity contribution in [1.82, 2.24) is 0 Å². The minimum atomic E-state index is 0.347. The van der Waals surface area contributed by atoms with Crippen molar-refractivity contribution >= 4 is 0 Å². The monoisotopic (exact) mass is 203 g/mol. The highest BCUT2D eigenvalue weighted by Gasteiger charge is 2.37. The van der Waals surface area contributed by atoms with Crippen molar-refractivity contribution in [2.75, 3.05) is 6.54 Å². The van der Waals surface area contributed by atoms with Gasteiger partial charge in [0.1, 0.15) is 11.9 Å². The summed E-state index contributed by atoms with van der Waals surface area (Å²) >= 11 is 0. The standard InChI is InChI=1S/C13H17NO/c1-8-4-10-5-9(2-3-13(10)15-8)12-6-11(12)7-14/h2-3,5,8,11-12H,4,6-7,14H2,1H3/t8?,11-,12-/m0/s1. The fraction of sp³-hybridized carbons (Fsp3) is 0.538. The van der Waals surface area contributed by atoms with E-state index in [0.29, 0.717) is 6.10 Å². The molecule has 80 valence electrons. The molecule has 0 radical (unpaired) electrons. The molecule has 0 amide bonds. The average molecular weight is 203 g/mol. The lowest BCUT2D eigenvalue weighted by atomic mass is 10.0. The van der Waals surface area contributed by atoms with E-state index in [0.717, 1.165) is 30.6 Å². The topological polar surface area (TPSA) is 35.2 Å². The number of fused-ring (bicyclic) bond motifs is 1. The maximum absolute atomic E-state index is 5.69. The molecular formula is C13H17NO. The second-order valence-corrected chi connectivity index (χ2v) is 4.84. The van der Waals surface area contributed by atoms with Crippen LogP contribution in [0.2, 0.25) is 0 Å². The summed E-state index contributed by atoms with van der Waals surface area (Å²) in [6, 6.07) is 6.65. The second kappa shape index (κ2) is 3.24. The van der Waals surface area contributed by atoms with Gasteiger partial charge < -0.3 is 10.5 Å². The molecule has 2 nitrogen and oxygen atoms in total. The Balaban J connectivity index is 1.85. The number of hydrogen-bond acceptors (Lipinski definition) is 2. The van der Waals surface area contributed by atoms with Crippen LogP contribution in [0, 0.1) is 5.92 Å². The summed E-state index contributed by atoms with van der Waals surface area (Å²) in [7, 11) is 0. The Morgan fingerprint density at radius 1 is 1.47 bits per heavy atom. The molecule has 1 aromatic rings. The summed E-state index contributed by atoms with van der Waals surface area (Å²) in [5.74, 6) is 2.52. The first kappa shape index (κ1) is 9.22. The second-order valence-electron chi connectivity index (χ2n) is 4.84. The zero-order valence-corrected chi connectivity index (χ0v) is 9.07. The highest BCUT2D eigenvalue weighted by molar-refractivity contribution is 5.43. The molecule has 3 atom stereocenters. The number of ether oxygens (including phenoxy) is 1. The first-order chi connectivity index (χ1) is 7.28. The van der Waals surface area contributed by atoms with Crippen LogP contribution in [-0.2, 0) is 6.42 Å². The van der Waals surface area contributed by atoms with Crippen LogP contribution < -0.4 is 10.5 Å². The minimum absolute atomic E-state index is 0.347. The van der Waals surface area contributed by atoms with E-state index in [1.54, 1.807) is 0 Å². The van der Waals surface area contributed by atoms with Gasteiger partial charge in [0.25, 0.3) is 0 Å². The zero-order valence-electron chi connectivity index (χ0n) is 9.07. The zero-order chi connectivity index (χ0) is 10.4. The van der Waals surface area contributed by atoms with E-state index < -0.39 is 0 Å². The van der Waals surface area contributed by atoms with Crippen LogP contribution in [0.4, 0.5) is 0 Å². The molecule has 15 heavy (non-hydrogen) atoms. The van der Waals surface area contributed by atoms with E-state index in [9.17, 15) is 0 Å². The Morgan fingerprint density at radius 3 is 3.07 bits per heavy atom. The van der Waals surface area contributed by atoms with Crippen LogP contribution in [0.15, 0.2) is 18.2 Å². The van der Waals surface area contributed by atoms with E-state index in [2.05, 4.69) is 25.1 Å². The molecule has 1 aliphatic heterocycles. The molecule has 0 aromatic heterocycles. The fourth-order valence-corrected chi connectivity index (χ4v) is 2.59. The third-order valence-electron chi connectivity index (χ3n) is 3.57. The van der Waals surface area contributed by atoms with Gasteiger partial charge in [-0.1, -0.05) is 12.1 Å². The molecule has 1 aromatic carbocycles. The summed E-state index contributed by atoms with van der Waals surface area (Å²) in [6.07, 6.45) is 2.68. The number of benzene rings is 1.